The van der Waals surface area contributed by atoms with Crippen molar-refractivity contribution in [1.82, 2.24) is 9.80 Å². The smallest absolute Gasteiger partial charge is 0.263 e. The van der Waals surface area contributed by atoms with Gasteiger partial charge in [0.2, 0.25) is 5.91 Å². The first-order chi connectivity index (χ1) is 13.5. The summed E-state index contributed by atoms with van der Waals surface area (Å²) in [5.41, 5.74) is 6.93. The highest BCUT2D eigenvalue weighted by molar-refractivity contribution is 5.85. The summed E-state index contributed by atoms with van der Waals surface area (Å²) in [7, 11) is 0. The van der Waals surface area contributed by atoms with Gasteiger partial charge in [-0.2, -0.15) is 0 Å². The number of piperazine rings is 1. The Bertz CT molecular complexity index is 692. The molecule has 29 heavy (non-hydrogen) atoms. The van der Waals surface area contributed by atoms with Gasteiger partial charge in [-0.05, 0) is 50.3 Å². The van der Waals surface area contributed by atoms with Gasteiger partial charge in [-0.1, -0.05) is 31.5 Å². The molecule has 3 rings (SSSR count). The lowest BCUT2D eigenvalue weighted by atomic mass is 9.94. The normalized spacial score (nSPS) is 22.7. The standard InChI is InChI=1S/C22H33N3O3.ClH/c1-3-17-7-4-5-10-20(17)28-16(2)21(26)24-11-13-25(14-12-24)22(27)19-9-6-8-18(19)15-23;/h4-5,7,10,16,18-19H,3,6,8-9,11-15,23H2,1-2H3;1H/t16?,18-,19-;/m1./s1. The van der Waals surface area contributed by atoms with Crippen molar-refractivity contribution >= 4 is 24.2 Å². The Morgan fingerprint density at radius 3 is 2.45 bits per heavy atom. The molecule has 2 fully saturated rings. The van der Waals surface area contributed by atoms with E-state index in [0.29, 0.717) is 38.6 Å². The predicted octanol–water partition coefficient (Wildman–Crippen LogP) is 2.48. The second kappa shape index (κ2) is 10.8. The Labute approximate surface area is 180 Å². The fourth-order valence-electron chi connectivity index (χ4n) is 4.43. The third kappa shape index (κ3) is 5.43. The van der Waals surface area contributed by atoms with Crippen LogP contribution in [0.15, 0.2) is 24.3 Å². The Kier molecular flexibility index (Phi) is 8.78. The van der Waals surface area contributed by atoms with Crippen molar-refractivity contribution < 1.29 is 14.3 Å². The van der Waals surface area contributed by atoms with Crippen LogP contribution in [0.25, 0.3) is 0 Å². The van der Waals surface area contributed by atoms with Crippen LogP contribution in [-0.4, -0.2) is 60.4 Å². The van der Waals surface area contributed by atoms with Crippen molar-refractivity contribution in [3.05, 3.63) is 29.8 Å². The van der Waals surface area contributed by atoms with Crippen molar-refractivity contribution in [1.29, 1.82) is 0 Å². The molecule has 1 aromatic carbocycles. The molecular weight excluding hydrogens is 390 g/mol. The van der Waals surface area contributed by atoms with E-state index in [1.54, 1.807) is 6.92 Å². The van der Waals surface area contributed by atoms with E-state index in [1.807, 2.05) is 34.1 Å². The summed E-state index contributed by atoms with van der Waals surface area (Å²) in [5, 5.41) is 0. The first-order valence-electron chi connectivity index (χ1n) is 10.6. The monoisotopic (exact) mass is 423 g/mol. The molecule has 1 heterocycles. The Morgan fingerprint density at radius 1 is 1.14 bits per heavy atom. The number of hydrogen-bond donors (Lipinski definition) is 1. The molecule has 162 valence electrons. The summed E-state index contributed by atoms with van der Waals surface area (Å²) in [4.78, 5) is 29.4. The van der Waals surface area contributed by atoms with Crippen LogP contribution in [0.5, 0.6) is 5.75 Å². The molecule has 3 atom stereocenters. The molecule has 2 N–H and O–H groups in total. The molecular formula is C22H34ClN3O3. The van der Waals surface area contributed by atoms with Crippen molar-refractivity contribution in [2.75, 3.05) is 32.7 Å². The number of benzene rings is 1. The van der Waals surface area contributed by atoms with E-state index in [1.165, 1.54) is 0 Å². The number of nitrogens with zero attached hydrogens (tertiary/aromatic N) is 2. The van der Waals surface area contributed by atoms with Gasteiger partial charge in [-0.25, -0.2) is 0 Å². The highest BCUT2D eigenvalue weighted by Gasteiger charge is 2.36. The lowest BCUT2D eigenvalue weighted by Crippen LogP contribution is -2.54. The zero-order valence-corrected chi connectivity index (χ0v) is 18.3. The molecule has 1 aliphatic carbocycles. The van der Waals surface area contributed by atoms with Crippen LogP contribution in [0, 0.1) is 11.8 Å². The van der Waals surface area contributed by atoms with E-state index >= 15 is 0 Å². The number of carbonyl (C=O) groups excluding carboxylic acids is 2. The summed E-state index contributed by atoms with van der Waals surface area (Å²) in [6, 6.07) is 7.84. The lowest BCUT2D eigenvalue weighted by molar-refractivity contribution is -0.145. The second-order valence-electron chi connectivity index (χ2n) is 7.91. The SMILES string of the molecule is CCc1ccccc1OC(C)C(=O)N1CCN(C(=O)[C@@H]2CCC[C@@H]2CN)CC1.Cl. The molecule has 1 saturated carbocycles. The van der Waals surface area contributed by atoms with Crippen LogP contribution in [0.4, 0.5) is 0 Å². The maximum absolute atomic E-state index is 12.8. The van der Waals surface area contributed by atoms with Gasteiger partial charge in [0, 0.05) is 32.1 Å². The highest BCUT2D eigenvalue weighted by atomic mass is 35.5. The zero-order chi connectivity index (χ0) is 20.1. The third-order valence-electron chi connectivity index (χ3n) is 6.19. The van der Waals surface area contributed by atoms with E-state index < -0.39 is 6.10 Å². The maximum atomic E-state index is 12.8. The molecule has 0 bridgehead atoms. The van der Waals surface area contributed by atoms with Crippen LogP contribution in [0.1, 0.15) is 38.7 Å². The van der Waals surface area contributed by atoms with E-state index in [0.717, 1.165) is 37.0 Å². The minimum absolute atomic E-state index is 0. The van der Waals surface area contributed by atoms with E-state index in [-0.39, 0.29) is 30.1 Å². The van der Waals surface area contributed by atoms with Crippen LogP contribution >= 0.6 is 12.4 Å². The fraction of sp³-hybridized carbons (Fsp3) is 0.636. The zero-order valence-electron chi connectivity index (χ0n) is 17.5. The number of amides is 2. The molecule has 2 aliphatic rings. The number of ether oxygens (including phenoxy) is 1. The molecule has 1 saturated heterocycles. The number of rotatable bonds is 6. The number of nitrogens with two attached hydrogens (primary N) is 1. The summed E-state index contributed by atoms with van der Waals surface area (Å²) in [5.74, 6) is 1.37. The van der Waals surface area contributed by atoms with Crippen molar-refractivity contribution in [2.24, 2.45) is 17.6 Å². The number of aryl methyl sites for hydroxylation is 1. The number of carbonyl (C=O) groups is 2. The van der Waals surface area contributed by atoms with Crippen LogP contribution in [0.2, 0.25) is 0 Å². The minimum Gasteiger partial charge on any atom is -0.481 e. The average molecular weight is 424 g/mol. The van der Waals surface area contributed by atoms with Gasteiger partial charge in [-0.3, -0.25) is 9.59 Å². The number of halogens is 1. The quantitative estimate of drug-likeness (QED) is 0.762. The van der Waals surface area contributed by atoms with E-state index in [2.05, 4.69) is 6.92 Å². The van der Waals surface area contributed by atoms with Crippen molar-refractivity contribution in [2.45, 2.75) is 45.6 Å². The van der Waals surface area contributed by atoms with Crippen LogP contribution < -0.4 is 10.5 Å². The molecule has 2 amide bonds. The van der Waals surface area contributed by atoms with Crippen molar-refractivity contribution in [3.8, 4) is 5.75 Å². The first-order valence-corrected chi connectivity index (χ1v) is 10.6. The summed E-state index contributed by atoms with van der Waals surface area (Å²) in [6.07, 6.45) is 3.42. The second-order valence-corrected chi connectivity index (χ2v) is 7.91. The summed E-state index contributed by atoms with van der Waals surface area (Å²) < 4.78 is 5.95. The van der Waals surface area contributed by atoms with Gasteiger partial charge in [0.05, 0.1) is 0 Å². The van der Waals surface area contributed by atoms with Crippen LogP contribution in [-0.2, 0) is 16.0 Å². The molecule has 6 nitrogen and oxygen atoms in total. The third-order valence-corrected chi connectivity index (χ3v) is 6.19. The van der Waals surface area contributed by atoms with Gasteiger partial charge in [0.1, 0.15) is 5.75 Å². The number of para-hydroxylation sites is 1. The summed E-state index contributed by atoms with van der Waals surface area (Å²) in [6.45, 7) is 6.78. The molecule has 7 heteroatoms. The molecule has 1 aromatic rings. The predicted molar refractivity (Wildman–Crippen MR) is 116 cm³/mol. The first kappa shape index (κ1) is 23.5. The average Bonchev–Trinajstić information content (AvgIpc) is 3.22. The Balaban J connectivity index is 0.00000300. The van der Waals surface area contributed by atoms with Crippen molar-refractivity contribution in [3.63, 3.8) is 0 Å². The van der Waals surface area contributed by atoms with E-state index in [4.69, 9.17) is 10.5 Å². The molecule has 0 aromatic heterocycles. The Hall–Kier alpha value is -1.79. The molecule has 0 radical (unpaired) electrons. The molecule has 1 aliphatic heterocycles. The van der Waals surface area contributed by atoms with Gasteiger partial charge < -0.3 is 20.3 Å². The maximum Gasteiger partial charge on any atom is 0.263 e. The van der Waals surface area contributed by atoms with Gasteiger partial charge in [0.25, 0.3) is 5.91 Å². The summed E-state index contributed by atoms with van der Waals surface area (Å²) >= 11 is 0. The van der Waals surface area contributed by atoms with E-state index in [9.17, 15) is 9.59 Å². The minimum atomic E-state index is -0.536. The topological polar surface area (TPSA) is 75.9 Å². The largest absolute Gasteiger partial charge is 0.481 e. The lowest BCUT2D eigenvalue weighted by Gasteiger charge is -2.37. The van der Waals surface area contributed by atoms with Gasteiger partial charge in [0.15, 0.2) is 6.10 Å². The van der Waals surface area contributed by atoms with Gasteiger partial charge in [-0.15, -0.1) is 12.4 Å². The highest BCUT2D eigenvalue weighted by Crippen LogP contribution is 2.32. The molecule has 1 unspecified atom stereocenters. The van der Waals surface area contributed by atoms with Crippen LogP contribution in [0.3, 0.4) is 0 Å². The Morgan fingerprint density at radius 2 is 1.79 bits per heavy atom. The van der Waals surface area contributed by atoms with Gasteiger partial charge >= 0.3 is 0 Å². The molecule has 0 spiro atoms. The fourth-order valence-corrected chi connectivity index (χ4v) is 4.43. The number of hydrogen-bond acceptors (Lipinski definition) is 4.